The Hall–Kier alpha value is -1.30. The number of hydrogen-bond donors (Lipinski definition) is 3. The number of rotatable bonds is 4. The van der Waals surface area contributed by atoms with Crippen molar-refractivity contribution in [1.82, 2.24) is 10.6 Å². The lowest BCUT2D eigenvalue weighted by Gasteiger charge is -2.36. The molecule has 0 aromatic rings. The first-order valence-corrected chi connectivity index (χ1v) is 5.49. The maximum atomic E-state index is 11.8. The Morgan fingerprint density at radius 3 is 2.38 bits per heavy atom. The predicted molar refractivity (Wildman–Crippen MR) is 64.2 cm³/mol. The van der Waals surface area contributed by atoms with Crippen LogP contribution in [0, 0.1) is 16.7 Å². The van der Waals surface area contributed by atoms with Gasteiger partial charge in [0, 0.05) is 0 Å². The van der Waals surface area contributed by atoms with Crippen molar-refractivity contribution in [2.24, 2.45) is 11.3 Å². The molecule has 16 heavy (non-hydrogen) atoms. The van der Waals surface area contributed by atoms with E-state index in [2.05, 4.69) is 10.6 Å². The minimum Gasteiger partial charge on any atom is -0.313 e. The summed E-state index contributed by atoms with van der Waals surface area (Å²) >= 11 is 4.74. The van der Waals surface area contributed by atoms with E-state index < -0.39 is 5.41 Å². The van der Waals surface area contributed by atoms with Crippen molar-refractivity contribution < 1.29 is 9.59 Å². The quantitative estimate of drug-likeness (QED) is 0.383. The molecule has 6 heteroatoms. The van der Waals surface area contributed by atoms with Gasteiger partial charge in [0.2, 0.25) is 11.8 Å². The Labute approximate surface area is 99.5 Å². The Bertz CT molecular complexity index is 334. The van der Waals surface area contributed by atoms with Crippen molar-refractivity contribution in [2.45, 2.75) is 26.7 Å². The molecule has 0 bridgehead atoms. The Morgan fingerprint density at radius 2 is 1.94 bits per heavy atom. The van der Waals surface area contributed by atoms with Crippen LogP contribution >= 0.6 is 12.2 Å². The third-order valence-corrected chi connectivity index (χ3v) is 3.33. The first kappa shape index (κ1) is 12.8. The van der Waals surface area contributed by atoms with Gasteiger partial charge in [0.15, 0.2) is 5.11 Å². The molecule has 1 atom stereocenters. The van der Waals surface area contributed by atoms with Crippen molar-refractivity contribution in [3.8, 4) is 0 Å². The zero-order valence-electron chi connectivity index (χ0n) is 9.29. The van der Waals surface area contributed by atoms with Crippen LogP contribution in [0.15, 0.2) is 0 Å². The van der Waals surface area contributed by atoms with E-state index in [1.54, 1.807) is 6.92 Å². The van der Waals surface area contributed by atoms with Crippen LogP contribution in [0.25, 0.3) is 0 Å². The number of amides is 2. The molecule has 0 aliphatic carbocycles. The van der Waals surface area contributed by atoms with Crippen LogP contribution in [0.3, 0.4) is 0 Å². The van der Waals surface area contributed by atoms with Crippen molar-refractivity contribution in [3.05, 3.63) is 0 Å². The molecule has 2 amide bonds. The first-order valence-electron chi connectivity index (χ1n) is 5.08. The molecule has 0 aromatic carbocycles. The lowest BCUT2D eigenvalue weighted by atomic mass is 9.73. The Balaban J connectivity index is 2.88. The fourth-order valence-electron chi connectivity index (χ4n) is 1.67. The molecule has 1 rings (SSSR count). The summed E-state index contributed by atoms with van der Waals surface area (Å²) in [4.78, 5) is 23.6. The molecule has 0 radical (unpaired) electrons. The van der Waals surface area contributed by atoms with Gasteiger partial charge in [0.05, 0.1) is 0 Å². The number of carbonyl (C=O) groups excluding carboxylic acids is 2. The van der Waals surface area contributed by atoms with E-state index in [9.17, 15) is 9.59 Å². The second-order valence-electron chi connectivity index (χ2n) is 4.12. The number of nitrogens with one attached hydrogen (secondary N) is 3. The maximum Gasteiger partial charge on any atom is 0.241 e. The van der Waals surface area contributed by atoms with E-state index in [1.165, 1.54) is 6.21 Å². The third kappa shape index (κ3) is 2.11. The van der Waals surface area contributed by atoms with Crippen LogP contribution in [0.2, 0.25) is 0 Å². The van der Waals surface area contributed by atoms with Crippen LogP contribution in [-0.2, 0) is 9.59 Å². The zero-order valence-corrected chi connectivity index (χ0v) is 10.1. The van der Waals surface area contributed by atoms with E-state index in [0.29, 0.717) is 12.8 Å². The predicted octanol–water partition coefficient (Wildman–Crippen LogP) is 0.589. The highest BCUT2D eigenvalue weighted by atomic mass is 32.1. The molecule has 0 aromatic heterocycles. The molecule has 5 nitrogen and oxygen atoms in total. The first-order chi connectivity index (χ1) is 7.42. The van der Waals surface area contributed by atoms with E-state index >= 15 is 0 Å². The Morgan fingerprint density at radius 1 is 1.44 bits per heavy atom. The van der Waals surface area contributed by atoms with Gasteiger partial charge in [0.25, 0.3) is 0 Å². The summed E-state index contributed by atoms with van der Waals surface area (Å²) in [6.07, 6.45) is 2.46. The summed E-state index contributed by atoms with van der Waals surface area (Å²) in [5.41, 5.74) is -1.11. The second kappa shape index (κ2) is 4.69. The van der Waals surface area contributed by atoms with E-state index in [1.807, 2.05) is 6.92 Å². The van der Waals surface area contributed by atoms with Crippen LogP contribution in [0.5, 0.6) is 0 Å². The average molecular weight is 241 g/mol. The lowest BCUT2D eigenvalue weighted by molar-refractivity contribution is -0.145. The molecule has 0 spiro atoms. The summed E-state index contributed by atoms with van der Waals surface area (Å²) in [6, 6.07) is 0. The van der Waals surface area contributed by atoms with E-state index in [0.717, 1.165) is 0 Å². The van der Waals surface area contributed by atoms with Gasteiger partial charge >= 0.3 is 0 Å². The number of hydrogen-bond acceptors (Lipinski definition) is 4. The average Bonchev–Trinajstić information content (AvgIpc) is 2.22. The van der Waals surface area contributed by atoms with Crippen LogP contribution in [-0.4, -0.2) is 23.1 Å². The van der Waals surface area contributed by atoms with Gasteiger partial charge in [-0.25, -0.2) is 0 Å². The van der Waals surface area contributed by atoms with Crippen molar-refractivity contribution in [3.63, 3.8) is 0 Å². The zero-order chi connectivity index (χ0) is 12.3. The SMILES string of the molecule is CC(CCC=N)C1(C)C(=O)NC(=S)NC1=O. The highest BCUT2D eigenvalue weighted by Gasteiger charge is 2.48. The fraction of sp³-hybridized carbons (Fsp3) is 0.600. The van der Waals surface area contributed by atoms with Crippen molar-refractivity contribution >= 4 is 35.4 Å². The molecule has 1 unspecified atom stereocenters. The summed E-state index contributed by atoms with van der Waals surface area (Å²) in [5.74, 6) is -0.866. The molecule has 1 fully saturated rings. The van der Waals surface area contributed by atoms with Gasteiger partial charge in [0.1, 0.15) is 5.41 Å². The normalized spacial score (nSPS) is 21.0. The summed E-state index contributed by atoms with van der Waals surface area (Å²) in [5, 5.41) is 11.9. The van der Waals surface area contributed by atoms with Gasteiger partial charge in [-0.05, 0) is 44.1 Å². The molecule has 1 aliphatic rings. The van der Waals surface area contributed by atoms with Crippen molar-refractivity contribution in [2.75, 3.05) is 0 Å². The monoisotopic (exact) mass is 241 g/mol. The molecule has 1 aliphatic heterocycles. The Kier molecular flexibility index (Phi) is 3.74. The number of thiocarbonyl (C=S) groups is 1. The molecule has 88 valence electrons. The van der Waals surface area contributed by atoms with Gasteiger partial charge in [-0.2, -0.15) is 0 Å². The minimum absolute atomic E-state index is 0.0618. The van der Waals surface area contributed by atoms with E-state index in [4.69, 9.17) is 17.6 Å². The van der Waals surface area contributed by atoms with Gasteiger partial charge in [-0.1, -0.05) is 6.92 Å². The summed E-state index contributed by atoms with van der Waals surface area (Å²) < 4.78 is 0. The summed E-state index contributed by atoms with van der Waals surface area (Å²) in [7, 11) is 0. The van der Waals surface area contributed by atoms with Crippen LogP contribution in [0.4, 0.5) is 0 Å². The molecular weight excluding hydrogens is 226 g/mol. The minimum atomic E-state index is -1.11. The second-order valence-corrected chi connectivity index (χ2v) is 4.53. The summed E-state index contributed by atoms with van der Waals surface area (Å²) in [6.45, 7) is 3.44. The molecule has 1 heterocycles. The van der Waals surface area contributed by atoms with Crippen molar-refractivity contribution in [1.29, 1.82) is 5.41 Å². The van der Waals surface area contributed by atoms with E-state index in [-0.39, 0.29) is 22.8 Å². The lowest BCUT2D eigenvalue weighted by Crippen LogP contribution is -2.63. The van der Waals surface area contributed by atoms with Crippen LogP contribution < -0.4 is 10.6 Å². The van der Waals surface area contributed by atoms with Gasteiger partial charge < -0.3 is 16.0 Å². The molecular formula is C10H15N3O2S. The smallest absolute Gasteiger partial charge is 0.241 e. The third-order valence-electron chi connectivity index (χ3n) is 3.13. The molecule has 0 saturated carbocycles. The van der Waals surface area contributed by atoms with Gasteiger partial charge in [-0.15, -0.1) is 0 Å². The largest absolute Gasteiger partial charge is 0.313 e. The fourth-order valence-corrected chi connectivity index (χ4v) is 1.86. The van der Waals surface area contributed by atoms with Crippen LogP contribution in [0.1, 0.15) is 26.7 Å². The van der Waals surface area contributed by atoms with Gasteiger partial charge in [-0.3, -0.25) is 9.59 Å². The maximum absolute atomic E-state index is 11.8. The molecule has 3 N–H and O–H groups in total. The molecule has 1 saturated heterocycles. The number of carbonyl (C=O) groups is 2. The topological polar surface area (TPSA) is 82.1 Å². The highest BCUT2D eigenvalue weighted by molar-refractivity contribution is 7.80. The standard InChI is InChI=1S/C10H15N3O2S/c1-6(4-3-5-11)10(2)7(14)12-9(16)13-8(10)15/h5-6,11H,3-4H2,1-2H3,(H2,12,13,14,15,16). The highest BCUT2D eigenvalue weighted by Crippen LogP contribution is 2.32.